The van der Waals surface area contributed by atoms with E-state index in [0.29, 0.717) is 22.5 Å². The molecule has 0 atom stereocenters. The molecule has 0 saturated heterocycles. The topological polar surface area (TPSA) is 74.2 Å². The fourth-order valence-electron chi connectivity index (χ4n) is 3.44. The van der Waals surface area contributed by atoms with Gasteiger partial charge in [-0.3, -0.25) is 4.79 Å². The normalized spacial score (nSPS) is 15.6. The van der Waals surface area contributed by atoms with Gasteiger partial charge in [0.05, 0.1) is 4.88 Å². The third-order valence-electron chi connectivity index (χ3n) is 4.94. The van der Waals surface area contributed by atoms with Gasteiger partial charge in [0, 0.05) is 19.0 Å². The Labute approximate surface area is 167 Å². The Bertz CT molecular complexity index is 784. The van der Waals surface area contributed by atoms with Crippen molar-refractivity contribution in [3.05, 3.63) is 40.3 Å². The van der Waals surface area contributed by atoms with Gasteiger partial charge in [-0.2, -0.15) is 4.98 Å². The Morgan fingerprint density at radius 2 is 1.79 bits per heavy atom. The number of carbonyl (C=O) groups excluding carboxylic acids is 1. The van der Waals surface area contributed by atoms with Crippen LogP contribution in [0, 0.1) is 11.6 Å². The highest BCUT2D eigenvalue weighted by atomic mass is 32.1. The second-order valence-electron chi connectivity index (χ2n) is 7.05. The number of anilines is 1. The van der Waals surface area contributed by atoms with E-state index in [1.54, 1.807) is 0 Å². The predicted octanol–water partition coefficient (Wildman–Crippen LogP) is 4.62. The van der Waals surface area contributed by atoms with Crippen molar-refractivity contribution in [3.63, 3.8) is 0 Å². The zero-order chi connectivity index (χ0) is 19.9. The Kier molecular flexibility index (Phi) is 7.19. The second-order valence-corrected chi connectivity index (χ2v) is 8.14. The van der Waals surface area contributed by atoms with Crippen LogP contribution < -0.4 is 10.6 Å². The maximum absolute atomic E-state index is 13.6. The number of benzene rings is 1. The van der Waals surface area contributed by atoms with E-state index in [0.717, 1.165) is 25.0 Å². The van der Waals surface area contributed by atoms with Crippen LogP contribution in [-0.4, -0.2) is 28.6 Å². The maximum Gasteiger partial charge on any atom is 0.257 e. The summed E-state index contributed by atoms with van der Waals surface area (Å²) < 4.78 is 27.3. The molecule has 3 rings (SSSR count). The smallest absolute Gasteiger partial charge is 0.257 e. The van der Waals surface area contributed by atoms with Crippen LogP contribution in [0.5, 0.6) is 5.88 Å². The summed E-state index contributed by atoms with van der Waals surface area (Å²) in [6, 6.07) is 3.66. The van der Waals surface area contributed by atoms with Crippen molar-refractivity contribution in [2.24, 2.45) is 0 Å². The maximum atomic E-state index is 13.6. The summed E-state index contributed by atoms with van der Waals surface area (Å²) in [7, 11) is 0. The van der Waals surface area contributed by atoms with Crippen LogP contribution in [0.15, 0.2) is 18.2 Å². The van der Waals surface area contributed by atoms with Gasteiger partial charge in [0.2, 0.25) is 5.88 Å². The molecule has 2 aromatic rings. The molecule has 1 heterocycles. The molecule has 1 aliphatic carbocycles. The molecule has 5 nitrogen and oxygen atoms in total. The first-order chi connectivity index (χ1) is 13.5. The van der Waals surface area contributed by atoms with Gasteiger partial charge in [-0.15, -0.1) is 0 Å². The highest BCUT2D eigenvalue weighted by molar-refractivity contribution is 7.15. The van der Waals surface area contributed by atoms with Gasteiger partial charge in [-0.1, -0.05) is 49.5 Å². The molecule has 8 heteroatoms. The SMILES string of the molecule is O=C(NCCc1sc(NC2CCCCCCC2)nc1O)c1c(F)cccc1F. The molecule has 152 valence electrons. The standard InChI is InChI=1S/C20H25F2N3O2S/c21-14-9-6-10-15(22)17(14)19(27)23-12-11-16-18(26)25-20(28-16)24-13-7-4-2-1-3-5-8-13/h6,9-10,13,26H,1-5,7-8,11-12H2,(H,23,27)(H,24,25). The Hall–Kier alpha value is -2.22. The van der Waals surface area contributed by atoms with E-state index >= 15 is 0 Å². The molecule has 1 aromatic heterocycles. The second kappa shape index (κ2) is 9.82. The largest absolute Gasteiger partial charge is 0.492 e. The number of halogens is 2. The van der Waals surface area contributed by atoms with Gasteiger partial charge < -0.3 is 15.7 Å². The lowest BCUT2D eigenvalue weighted by atomic mass is 9.97. The number of carbonyl (C=O) groups is 1. The molecule has 0 bridgehead atoms. The Balaban J connectivity index is 1.53. The number of nitrogens with zero attached hydrogens (tertiary/aromatic N) is 1. The van der Waals surface area contributed by atoms with Crippen molar-refractivity contribution in [2.45, 2.75) is 57.4 Å². The van der Waals surface area contributed by atoms with Gasteiger partial charge in [-0.25, -0.2) is 8.78 Å². The van der Waals surface area contributed by atoms with E-state index < -0.39 is 23.1 Å². The number of aromatic hydroxyl groups is 1. The Morgan fingerprint density at radius 1 is 1.14 bits per heavy atom. The van der Waals surface area contributed by atoms with E-state index in [1.165, 1.54) is 49.5 Å². The molecule has 1 saturated carbocycles. The molecule has 1 aromatic carbocycles. The van der Waals surface area contributed by atoms with Crippen LogP contribution in [0.25, 0.3) is 0 Å². The van der Waals surface area contributed by atoms with E-state index in [-0.39, 0.29) is 12.4 Å². The van der Waals surface area contributed by atoms with Gasteiger partial charge >= 0.3 is 0 Å². The lowest BCUT2D eigenvalue weighted by Crippen LogP contribution is -2.27. The molecule has 1 aliphatic rings. The number of thiazole rings is 1. The third kappa shape index (κ3) is 5.41. The minimum atomic E-state index is -0.899. The summed E-state index contributed by atoms with van der Waals surface area (Å²) in [6.07, 6.45) is 8.74. The number of aromatic nitrogens is 1. The van der Waals surface area contributed by atoms with Gasteiger partial charge in [-0.05, 0) is 25.0 Å². The predicted molar refractivity (Wildman–Crippen MR) is 106 cm³/mol. The fraction of sp³-hybridized carbons (Fsp3) is 0.500. The minimum Gasteiger partial charge on any atom is -0.492 e. The zero-order valence-electron chi connectivity index (χ0n) is 15.6. The van der Waals surface area contributed by atoms with E-state index in [1.807, 2.05) is 0 Å². The Morgan fingerprint density at radius 3 is 2.46 bits per heavy atom. The fourth-order valence-corrected chi connectivity index (χ4v) is 4.37. The average molecular weight is 410 g/mol. The minimum absolute atomic E-state index is 0.0651. The number of hydrogen-bond donors (Lipinski definition) is 3. The lowest BCUT2D eigenvalue weighted by molar-refractivity contribution is 0.0945. The molecule has 1 amide bonds. The van der Waals surface area contributed by atoms with Crippen LogP contribution in [0.4, 0.5) is 13.9 Å². The summed E-state index contributed by atoms with van der Waals surface area (Å²) in [4.78, 5) is 16.8. The molecule has 0 spiro atoms. The van der Waals surface area contributed by atoms with Crippen molar-refractivity contribution in [1.29, 1.82) is 0 Å². The first kappa shape index (κ1) is 20.5. The monoisotopic (exact) mass is 409 g/mol. The van der Waals surface area contributed by atoms with Crippen molar-refractivity contribution < 1.29 is 18.7 Å². The summed E-state index contributed by atoms with van der Waals surface area (Å²) in [5, 5.41) is 16.6. The highest BCUT2D eigenvalue weighted by Crippen LogP contribution is 2.30. The van der Waals surface area contributed by atoms with Crippen molar-refractivity contribution >= 4 is 22.4 Å². The van der Waals surface area contributed by atoms with Crippen LogP contribution in [0.2, 0.25) is 0 Å². The lowest BCUT2D eigenvalue weighted by Gasteiger charge is -2.20. The summed E-state index contributed by atoms with van der Waals surface area (Å²) in [6.45, 7) is 0.144. The summed E-state index contributed by atoms with van der Waals surface area (Å²) in [5.74, 6) is -2.68. The molecular weight excluding hydrogens is 384 g/mol. The quantitative estimate of drug-likeness (QED) is 0.651. The van der Waals surface area contributed by atoms with E-state index in [2.05, 4.69) is 15.6 Å². The molecule has 0 radical (unpaired) electrons. The van der Waals surface area contributed by atoms with E-state index in [9.17, 15) is 18.7 Å². The first-order valence-corrected chi connectivity index (χ1v) is 10.5. The van der Waals surface area contributed by atoms with Gasteiger partial charge in [0.15, 0.2) is 5.13 Å². The molecular formula is C20H25F2N3O2S. The number of hydrogen-bond acceptors (Lipinski definition) is 5. The average Bonchev–Trinajstić information content (AvgIpc) is 2.96. The number of amides is 1. The van der Waals surface area contributed by atoms with Gasteiger partial charge in [0.25, 0.3) is 5.91 Å². The van der Waals surface area contributed by atoms with Crippen LogP contribution in [0.3, 0.4) is 0 Å². The molecule has 3 N–H and O–H groups in total. The first-order valence-electron chi connectivity index (χ1n) is 9.72. The van der Waals surface area contributed by atoms with Crippen molar-refractivity contribution in [2.75, 3.05) is 11.9 Å². The van der Waals surface area contributed by atoms with Gasteiger partial charge in [0.1, 0.15) is 17.2 Å². The zero-order valence-corrected chi connectivity index (χ0v) is 16.5. The third-order valence-corrected chi connectivity index (χ3v) is 5.97. The highest BCUT2D eigenvalue weighted by Gasteiger charge is 2.18. The van der Waals surface area contributed by atoms with Crippen molar-refractivity contribution in [1.82, 2.24) is 10.3 Å². The van der Waals surface area contributed by atoms with Crippen LogP contribution in [0.1, 0.15) is 60.2 Å². The molecule has 0 unspecified atom stereocenters. The van der Waals surface area contributed by atoms with Crippen LogP contribution >= 0.6 is 11.3 Å². The molecule has 1 fully saturated rings. The number of nitrogens with one attached hydrogen (secondary N) is 2. The molecule has 28 heavy (non-hydrogen) atoms. The van der Waals surface area contributed by atoms with Crippen molar-refractivity contribution in [3.8, 4) is 5.88 Å². The molecule has 0 aliphatic heterocycles. The number of rotatable bonds is 6. The van der Waals surface area contributed by atoms with Crippen LogP contribution in [-0.2, 0) is 6.42 Å². The summed E-state index contributed by atoms with van der Waals surface area (Å²) in [5.41, 5.74) is -0.595. The van der Waals surface area contributed by atoms with E-state index in [4.69, 9.17) is 0 Å². The summed E-state index contributed by atoms with van der Waals surface area (Å²) >= 11 is 1.35.